The SMILES string of the molecule is COc1ccc(NC(=O)CN(C)C(=O)c2ccc(C)c(NC(=O)c3ccco3)c2)cc1. The molecule has 0 aliphatic heterocycles. The van der Waals surface area contributed by atoms with E-state index in [1.165, 1.54) is 18.2 Å². The van der Waals surface area contributed by atoms with E-state index in [-0.39, 0.29) is 24.1 Å². The van der Waals surface area contributed by atoms with Gasteiger partial charge in [0, 0.05) is 24.0 Å². The summed E-state index contributed by atoms with van der Waals surface area (Å²) in [6, 6.07) is 15.0. The number of carbonyl (C=O) groups excluding carboxylic acids is 3. The maximum Gasteiger partial charge on any atom is 0.291 e. The second-order valence-corrected chi connectivity index (χ2v) is 6.90. The Balaban J connectivity index is 1.64. The van der Waals surface area contributed by atoms with Crippen molar-refractivity contribution in [2.75, 3.05) is 31.3 Å². The van der Waals surface area contributed by atoms with Gasteiger partial charge in [0.1, 0.15) is 5.75 Å². The van der Waals surface area contributed by atoms with Gasteiger partial charge in [-0.15, -0.1) is 0 Å². The molecule has 0 fully saturated rings. The lowest BCUT2D eigenvalue weighted by molar-refractivity contribution is -0.116. The van der Waals surface area contributed by atoms with Crippen LogP contribution in [0.15, 0.2) is 65.3 Å². The quantitative estimate of drug-likeness (QED) is 0.608. The highest BCUT2D eigenvalue weighted by molar-refractivity contribution is 6.04. The molecule has 0 spiro atoms. The van der Waals surface area contributed by atoms with Gasteiger partial charge in [-0.25, -0.2) is 0 Å². The summed E-state index contributed by atoms with van der Waals surface area (Å²) in [6.07, 6.45) is 1.41. The molecule has 160 valence electrons. The highest BCUT2D eigenvalue weighted by Gasteiger charge is 2.17. The molecule has 1 heterocycles. The second-order valence-electron chi connectivity index (χ2n) is 6.90. The van der Waals surface area contributed by atoms with E-state index < -0.39 is 5.91 Å². The summed E-state index contributed by atoms with van der Waals surface area (Å²) in [5.41, 5.74) is 2.23. The minimum absolute atomic E-state index is 0.132. The Morgan fingerprint density at radius 3 is 2.42 bits per heavy atom. The number of hydrogen-bond acceptors (Lipinski definition) is 5. The maximum absolute atomic E-state index is 12.8. The normalized spacial score (nSPS) is 10.3. The summed E-state index contributed by atoms with van der Waals surface area (Å²) in [4.78, 5) is 38.6. The van der Waals surface area contributed by atoms with Gasteiger partial charge in [-0.05, 0) is 61.0 Å². The summed E-state index contributed by atoms with van der Waals surface area (Å²) in [6.45, 7) is 1.69. The zero-order valence-corrected chi connectivity index (χ0v) is 17.5. The molecule has 0 bridgehead atoms. The smallest absolute Gasteiger partial charge is 0.291 e. The number of carbonyl (C=O) groups is 3. The Bertz CT molecular complexity index is 1080. The van der Waals surface area contributed by atoms with Crippen LogP contribution >= 0.6 is 0 Å². The number of methoxy groups -OCH3 is 1. The Morgan fingerprint density at radius 2 is 1.77 bits per heavy atom. The van der Waals surface area contributed by atoms with E-state index in [1.807, 2.05) is 6.92 Å². The summed E-state index contributed by atoms with van der Waals surface area (Å²) in [5, 5.41) is 5.47. The van der Waals surface area contributed by atoms with Crippen LogP contribution in [0.4, 0.5) is 11.4 Å². The highest BCUT2D eigenvalue weighted by atomic mass is 16.5. The van der Waals surface area contributed by atoms with E-state index in [1.54, 1.807) is 61.7 Å². The van der Waals surface area contributed by atoms with Crippen LogP contribution in [0.3, 0.4) is 0 Å². The standard InChI is InChI=1S/C23H23N3O5/c1-15-6-7-16(13-19(15)25-22(28)20-5-4-12-31-20)23(29)26(2)14-21(27)24-17-8-10-18(30-3)11-9-17/h4-13H,14H2,1-3H3,(H,24,27)(H,25,28). The number of rotatable bonds is 7. The first-order chi connectivity index (χ1) is 14.9. The van der Waals surface area contributed by atoms with Gasteiger partial charge in [-0.3, -0.25) is 14.4 Å². The molecule has 3 aromatic rings. The summed E-state index contributed by atoms with van der Waals surface area (Å²) in [7, 11) is 3.10. The molecule has 3 rings (SSSR count). The molecule has 8 heteroatoms. The number of amides is 3. The third-order valence-corrected chi connectivity index (χ3v) is 4.58. The van der Waals surface area contributed by atoms with Gasteiger partial charge in [0.25, 0.3) is 11.8 Å². The van der Waals surface area contributed by atoms with E-state index in [2.05, 4.69) is 10.6 Å². The van der Waals surface area contributed by atoms with Gasteiger partial charge in [0.2, 0.25) is 5.91 Å². The van der Waals surface area contributed by atoms with Gasteiger partial charge in [0.05, 0.1) is 19.9 Å². The molecular formula is C23H23N3O5. The van der Waals surface area contributed by atoms with Gasteiger partial charge in [0.15, 0.2) is 5.76 Å². The number of nitrogens with zero attached hydrogens (tertiary/aromatic N) is 1. The Hall–Kier alpha value is -4.07. The fraction of sp³-hybridized carbons (Fsp3) is 0.174. The van der Waals surface area contributed by atoms with Crippen LogP contribution < -0.4 is 15.4 Å². The Labute approximate surface area is 179 Å². The Kier molecular flexibility index (Phi) is 6.71. The molecule has 1 aromatic heterocycles. The van der Waals surface area contributed by atoms with E-state index in [9.17, 15) is 14.4 Å². The van der Waals surface area contributed by atoms with E-state index in [0.717, 1.165) is 5.56 Å². The Morgan fingerprint density at radius 1 is 1.03 bits per heavy atom. The zero-order chi connectivity index (χ0) is 22.4. The van der Waals surface area contributed by atoms with E-state index >= 15 is 0 Å². The molecule has 0 radical (unpaired) electrons. The van der Waals surface area contributed by atoms with Crippen molar-refractivity contribution in [2.24, 2.45) is 0 Å². The van der Waals surface area contributed by atoms with E-state index in [4.69, 9.17) is 9.15 Å². The molecule has 0 saturated heterocycles. The molecule has 8 nitrogen and oxygen atoms in total. The number of hydrogen-bond donors (Lipinski definition) is 2. The van der Waals surface area contributed by atoms with Crippen molar-refractivity contribution in [2.45, 2.75) is 6.92 Å². The van der Waals surface area contributed by atoms with Crippen molar-refractivity contribution in [3.8, 4) is 5.75 Å². The van der Waals surface area contributed by atoms with Gasteiger partial charge < -0.3 is 24.7 Å². The molecule has 0 aliphatic rings. The average Bonchev–Trinajstić information content (AvgIpc) is 3.30. The molecule has 31 heavy (non-hydrogen) atoms. The van der Waals surface area contributed by atoms with Crippen LogP contribution in [0.5, 0.6) is 5.75 Å². The van der Waals surface area contributed by atoms with Gasteiger partial charge in [-0.2, -0.15) is 0 Å². The lowest BCUT2D eigenvalue weighted by Crippen LogP contribution is -2.35. The lowest BCUT2D eigenvalue weighted by atomic mass is 10.1. The van der Waals surface area contributed by atoms with Gasteiger partial charge in [-0.1, -0.05) is 6.07 Å². The second kappa shape index (κ2) is 9.62. The number of aryl methyl sites for hydroxylation is 1. The number of anilines is 2. The third kappa shape index (κ3) is 5.51. The van der Waals surface area contributed by atoms with Crippen molar-refractivity contribution < 1.29 is 23.5 Å². The minimum atomic E-state index is -0.412. The average molecular weight is 421 g/mol. The van der Waals surface area contributed by atoms with Crippen molar-refractivity contribution in [1.82, 2.24) is 4.90 Å². The summed E-state index contributed by atoms with van der Waals surface area (Å²) >= 11 is 0. The molecule has 2 aromatic carbocycles. The van der Waals surface area contributed by atoms with E-state index in [0.29, 0.717) is 22.7 Å². The number of ether oxygens (including phenoxy) is 1. The van der Waals surface area contributed by atoms with Crippen LogP contribution in [-0.4, -0.2) is 43.3 Å². The first-order valence-corrected chi connectivity index (χ1v) is 9.52. The molecule has 2 N–H and O–H groups in total. The van der Waals surface area contributed by atoms with Crippen molar-refractivity contribution >= 4 is 29.1 Å². The van der Waals surface area contributed by atoms with Crippen molar-refractivity contribution in [3.63, 3.8) is 0 Å². The molecular weight excluding hydrogens is 398 g/mol. The topological polar surface area (TPSA) is 101 Å². The monoisotopic (exact) mass is 421 g/mol. The maximum atomic E-state index is 12.8. The highest BCUT2D eigenvalue weighted by Crippen LogP contribution is 2.19. The van der Waals surface area contributed by atoms with Gasteiger partial charge >= 0.3 is 0 Å². The predicted molar refractivity (Wildman–Crippen MR) is 116 cm³/mol. The summed E-state index contributed by atoms with van der Waals surface area (Å²) < 4.78 is 10.2. The number of benzene rings is 2. The first-order valence-electron chi connectivity index (χ1n) is 9.52. The van der Waals surface area contributed by atoms with Crippen LogP contribution in [0.25, 0.3) is 0 Å². The van der Waals surface area contributed by atoms with Crippen LogP contribution in [0.1, 0.15) is 26.5 Å². The number of likely N-dealkylation sites (N-methyl/N-ethyl adjacent to an activating group) is 1. The van der Waals surface area contributed by atoms with Crippen molar-refractivity contribution in [1.29, 1.82) is 0 Å². The third-order valence-electron chi connectivity index (χ3n) is 4.58. The molecule has 3 amide bonds. The largest absolute Gasteiger partial charge is 0.497 e. The molecule has 0 atom stereocenters. The van der Waals surface area contributed by atoms with Crippen LogP contribution in [0, 0.1) is 6.92 Å². The zero-order valence-electron chi connectivity index (χ0n) is 17.5. The molecule has 0 aliphatic carbocycles. The number of furan rings is 1. The van der Waals surface area contributed by atoms with Crippen LogP contribution in [0.2, 0.25) is 0 Å². The van der Waals surface area contributed by atoms with Crippen molar-refractivity contribution in [3.05, 3.63) is 77.7 Å². The predicted octanol–water partition coefficient (Wildman–Crippen LogP) is 3.56. The fourth-order valence-electron chi connectivity index (χ4n) is 2.86. The molecule has 0 saturated carbocycles. The summed E-state index contributed by atoms with van der Waals surface area (Å²) in [5.74, 6) is -0.245. The number of nitrogens with one attached hydrogen (secondary N) is 2. The first kappa shape index (κ1) is 21.6. The minimum Gasteiger partial charge on any atom is -0.497 e. The fourth-order valence-corrected chi connectivity index (χ4v) is 2.86. The molecule has 0 unspecified atom stereocenters. The lowest BCUT2D eigenvalue weighted by Gasteiger charge is -2.18. The van der Waals surface area contributed by atoms with Crippen LogP contribution in [-0.2, 0) is 4.79 Å².